The van der Waals surface area contributed by atoms with Crippen LogP contribution in [0, 0.1) is 12.7 Å². The second kappa shape index (κ2) is 5.02. The minimum atomic E-state index is -1.23. The number of hydrogen-bond donors (Lipinski definition) is 2. The molecule has 1 aromatic carbocycles. The van der Waals surface area contributed by atoms with Gasteiger partial charge in [0, 0.05) is 6.04 Å². The Bertz CT molecular complexity index is 462. The number of fused-ring (bicyclic) bond motifs is 1. The van der Waals surface area contributed by atoms with Crippen molar-refractivity contribution in [3.63, 3.8) is 0 Å². The maximum absolute atomic E-state index is 13.6. The molecule has 0 bridgehead atoms. The summed E-state index contributed by atoms with van der Waals surface area (Å²) in [7, 11) is 0. The first-order valence-corrected chi connectivity index (χ1v) is 5.33. The Morgan fingerprint density at radius 3 is 2.82 bits per heavy atom. The summed E-state index contributed by atoms with van der Waals surface area (Å²) < 4.78 is 13.6. The summed E-state index contributed by atoms with van der Waals surface area (Å²) in [6, 6.07) is 1.16. The fourth-order valence-corrected chi connectivity index (χ4v) is 2.50. The van der Waals surface area contributed by atoms with Crippen molar-refractivity contribution in [1.82, 2.24) is 0 Å². The van der Waals surface area contributed by atoms with Crippen molar-refractivity contribution < 1.29 is 14.3 Å². The van der Waals surface area contributed by atoms with Gasteiger partial charge in [0.15, 0.2) is 0 Å². The fraction of sp³-hybridized carbons (Fsp3) is 0.417. The van der Waals surface area contributed by atoms with E-state index in [0.717, 1.165) is 30.4 Å². The zero-order valence-corrected chi connectivity index (χ0v) is 10.3. The van der Waals surface area contributed by atoms with Crippen molar-refractivity contribution >= 4 is 18.4 Å². The third kappa shape index (κ3) is 2.28. The van der Waals surface area contributed by atoms with Crippen LogP contribution in [0.5, 0.6) is 0 Å². The topological polar surface area (TPSA) is 63.3 Å². The highest BCUT2D eigenvalue weighted by atomic mass is 35.5. The molecule has 17 heavy (non-hydrogen) atoms. The molecular weight excluding hydrogens is 245 g/mol. The van der Waals surface area contributed by atoms with Gasteiger partial charge in [-0.2, -0.15) is 0 Å². The summed E-state index contributed by atoms with van der Waals surface area (Å²) in [5.74, 6) is -1.88. The van der Waals surface area contributed by atoms with Crippen molar-refractivity contribution in [3.05, 3.63) is 34.1 Å². The molecule has 3 nitrogen and oxygen atoms in total. The van der Waals surface area contributed by atoms with E-state index in [2.05, 4.69) is 0 Å². The van der Waals surface area contributed by atoms with E-state index in [4.69, 9.17) is 10.8 Å². The van der Waals surface area contributed by atoms with Crippen LogP contribution in [0.3, 0.4) is 0 Å². The lowest BCUT2D eigenvalue weighted by Gasteiger charge is -2.25. The highest BCUT2D eigenvalue weighted by molar-refractivity contribution is 5.90. The molecule has 5 heteroatoms. The molecule has 2 rings (SSSR count). The van der Waals surface area contributed by atoms with E-state index in [1.54, 1.807) is 6.92 Å². The second-order valence-corrected chi connectivity index (χ2v) is 4.24. The molecule has 0 spiro atoms. The number of carboxylic acids is 1. The first-order valence-electron chi connectivity index (χ1n) is 5.33. The highest BCUT2D eigenvalue weighted by Gasteiger charge is 2.25. The van der Waals surface area contributed by atoms with Gasteiger partial charge < -0.3 is 10.8 Å². The van der Waals surface area contributed by atoms with E-state index in [9.17, 15) is 9.18 Å². The summed E-state index contributed by atoms with van der Waals surface area (Å²) >= 11 is 0. The Labute approximate surface area is 105 Å². The predicted molar refractivity (Wildman–Crippen MR) is 65.2 cm³/mol. The molecule has 0 amide bonds. The first-order chi connectivity index (χ1) is 7.52. The van der Waals surface area contributed by atoms with Gasteiger partial charge >= 0.3 is 5.97 Å². The number of nitrogens with two attached hydrogens (primary N) is 1. The number of halogens is 2. The SMILES string of the molecule is Cc1c(C(=O)O)c(F)cc2c1C(N)CCC2.Cl. The number of rotatable bonds is 1. The number of hydrogen-bond acceptors (Lipinski definition) is 2. The standard InChI is InChI=1S/C12H14FNO2.ClH/c1-6-10-7(3-2-4-9(10)14)5-8(13)11(6)12(15)16;/h5,9H,2-4,14H2,1H3,(H,15,16);1H. The summed E-state index contributed by atoms with van der Waals surface area (Å²) in [5, 5.41) is 8.95. The molecule has 1 atom stereocenters. The maximum Gasteiger partial charge on any atom is 0.338 e. The van der Waals surface area contributed by atoms with Crippen molar-refractivity contribution in [2.24, 2.45) is 5.73 Å². The number of carboxylic acid groups (broad SMARTS) is 1. The normalized spacial score (nSPS) is 18.2. The van der Waals surface area contributed by atoms with Crippen LogP contribution >= 0.6 is 12.4 Å². The van der Waals surface area contributed by atoms with Gasteiger partial charge in [0.1, 0.15) is 5.82 Å². The third-order valence-corrected chi connectivity index (χ3v) is 3.21. The monoisotopic (exact) mass is 259 g/mol. The summed E-state index contributed by atoms with van der Waals surface area (Å²) in [6.45, 7) is 1.64. The molecule has 94 valence electrons. The molecule has 0 saturated carbocycles. The van der Waals surface area contributed by atoms with Gasteiger partial charge in [-0.05, 0) is 48.9 Å². The van der Waals surface area contributed by atoms with Crippen LogP contribution in [0.4, 0.5) is 4.39 Å². The predicted octanol–water partition coefficient (Wildman–Crippen LogP) is 2.59. The van der Waals surface area contributed by atoms with Crippen LogP contribution in [0.2, 0.25) is 0 Å². The molecule has 0 saturated heterocycles. The van der Waals surface area contributed by atoms with Gasteiger partial charge in [0.05, 0.1) is 5.56 Å². The zero-order valence-electron chi connectivity index (χ0n) is 9.50. The van der Waals surface area contributed by atoms with Gasteiger partial charge in [0.2, 0.25) is 0 Å². The van der Waals surface area contributed by atoms with E-state index in [-0.39, 0.29) is 24.0 Å². The van der Waals surface area contributed by atoms with E-state index < -0.39 is 11.8 Å². The Kier molecular flexibility index (Phi) is 4.11. The van der Waals surface area contributed by atoms with Crippen LogP contribution in [-0.4, -0.2) is 11.1 Å². The number of benzene rings is 1. The smallest absolute Gasteiger partial charge is 0.338 e. The third-order valence-electron chi connectivity index (χ3n) is 3.21. The average Bonchev–Trinajstić information content (AvgIpc) is 2.15. The van der Waals surface area contributed by atoms with E-state index >= 15 is 0 Å². The van der Waals surface area contributed by atoms with Gasteiger partial charge in [-0.25, -0.2) is 9.18 Å². The van der Waals surface area contributed by atoms with Crippen LogP contribution in [0.15, 0.2) is 6.07 Å². The average molecular weight is 260 g/mol. The van der Waals surface area contributed by atoms with Gasteiger partial charge in [-0.1, -0.05) is 0 Å². The lowest BCUT2D eigenvalue weighted by Crippen LogP contribution is -2.21. The van der Waals surface area contributed by atoms with E-state index in [1.807, 2.05) is 0 Å². The fourth-order valence-electron chi connectivity index (χ4n) is 2.50. The number of carbonyl (C=O) groups is 1. The second-order valence-electron chi connectivity index (χ2n) is 4.24. The van der Waals surface area contributed by atoms with Crippen molar-refractivity contribution in [3.8, 4) is 0 Å². The van der Waals surface area contributed by atoms with Gasteiger partial charge in [-0.15, -0.1) is 12.4 Å². The quantitative estimate of drug-likeness (QED) is 0.815. The molecular formula is C12H15ClFNO2. The summed E-state index contributed by atoms with van der Waals surface area (Å²) in [5.41, 5.74) is 7.88. The largest absolute Gasteiger partial charge is 0.478 e. The highest BCUT2D eigenvalue weighted by Crippen LogP contribution is 2.33. The van der Waals surface area contributed by atoms with Crippen LogP contribution in [0.1, 0.15) is 45.9 Å². The molecule has 0 aromatic heterocycles. The molecule has 0 radical (unpaired) electrons. The molecule has 0 heterocycles. The summed E-state index contributed by atoms with van der Waals surface area (Å²) in [4.78, 5) is 11.0. The van der Waals surface area contributed by atoms with E-state index in [1.165, 1.54) is 6.07 Å². The van der Waals surface area contributed by atoms with Gasteiger partial charge in [0.25, 0.3) is 0 Å². The zero-order chi connectivity index (χ0) is 11.9. The van der Waals surface area contributed by atoms with Crippen molar-refractivity contribution in [2.75, 3.05) is 0 Å². The first kappa shape index (κ1) is 13.9. The molecule has 1 aliphatic carbocycles. The minimum absolute atomic E-state index is 0. The van der Waals surface area contributed by atoms with Crippen LogP contribution < -0.4 is 5.73 Å². The molecule has 0 aliphatic heterocycles. The Morgan fingerprint density at radius 2 is 2.24 bits per heavy atom. The Morgan fingerprint density at radius 1 is 1.59 bits per heavy atom. The molecule has 1 unspecified atom stereocenters. The minimum Gasteiger partial charge on any atom is -0.478 e. The maximum atomic E-state index is 13.6. The Balaban J connectivity index is 0.00000144. The number of aromatic carboxylic acids is 1. The van der Waals surface area contributed by atoms with Crippen molar-refractivity contribution in [1.29, 1.82) is 0 Å². The lowest BCUT2D eigenvalue weighted by molar-refractivity contribution is 0.0691. The molecule has 0 fully saturated rings. The summed E-state index contributed by atoms with van der Waals surface area (Å²) in [6.07, 6.45) is 2.54. The number of aryl methyl sites for hydroxylation is 1. The van der Waals surface area contributed by atoms with Crippen molar-refractivity contribution in [2.45, 2.75) is 32.2 Å². The molecule has 3 N–H and O–H groups in total. The lowest BCUT2D eigenvalue weighted by atomic mass is 9.83. The molecule has 1 aromatic rings. The van der Waals surface area contributed by atoms with Crippen LogP contribution in [0.25, 0.3) is 0 Å². The van der Waals surface area contributed by atoms with Crippen LogP contribution in [-0.2, 0) is 6.42 Å². The van der Waals surface area contributed by atoms with Gasteiger partial charge in [-0.3, -0.25) is 0 Å². The molecule has 1 aliphatic rings. The van der Waals surface area contributed by atoms with E-state index in [0.29, 0.717) is 5.56 Å². The Hall–Kier alpha value is -1.13.